The maximum absolute atomic E-state index is 5.55. The van der Waals surface area contributed by atoms with Gasteiger partial charge in [0.15, 0.2) is 0 Å². The van der Waals surface area contributed by atoms with Crippen LogP contribution in [0.3, 0.4) is 0 Å². The van der Waals surface area contributed by atoms with Crippen LogP contribution in [0, 0.1) is 6.92 Å². The molecule has 1 aromatic carbocycles. The Labute approximate surface area is 83.8 Å². The zero-order valence-electron chi connectivity index (χ0n) is 7.58. The van der Waals surface area contributed by atoms with E-state index in [4.69, 9.17) is 4.74 Å². The molecule has 0 radical (unpaired) electrons. The van der Waals surface area contributed by atoms with Gasteiger partial charge in [-0.3, -0.25) is 0 Å². The van der Waals surface area contributed by atoms with Crippen LogP contribution in [0.5, 0.6) is 5.75 Å². The van der Waals surface area contributed by atoms with Gasteiger partial charge in [0.25, 0.3) is 0 Å². The maximum atomic E-state index is 5.55. The molecule has 0 fully saturated rings. The number of hydrogen-bond donors (Lipinski definition) is 1. The molecule has 2 heteroatoms. The highest BCUT2D eigenvalue weighted by atomic mass is 32.1. The SMILES string of the molecule is C=C1c2c(C)cccc2OCC1S. The lowest BCUT2D eigenvalue weighted by Crippen LogP contribution is -2.20. The van der Waals surface area contributed by atoms with Crippen molar-refractivity contribution in [2.24, 2.45) is 0 Å². The average molecular weight is 192 g/mol. The van der Waals surface area contributed by atoms with Crippen LogP contribution in [0.1, 0.15) is 11.1 Å². The summed E-state index contributed by atoms with van der Waals surface area (Å²) in [6.45, 7) is 6.73. The fraction of sp³-hybridized carbons (Fsp3) is 0.273. The summed E-state index contributed by atoms with van der Waals surface area (Å²) >= 11 is 4.40. The highest BCUT2D eigenvalue weighted by molar-refractivity contribution is 7.81. The third kappa shape index (κ3) is 1.35. The van der Waals surface area contributed by atoms with E-state index in [2.05, 4.69) is 32.2 Å². The molecular formula is C11H12OS. The molecule has 1 aliphatic heterocycles. The van der Waals surface area contributed by atoms with E-state index >= 15 is 0 Å². The van der Waals surface area contributed by atoms with E-state index in [1.54, 1.807) is 0 Å². The van der Waals surface area contributed by atoms with Crippen LogP contribution in [0.4, 0.5) is 0 Å². The Bertz CT molecular complexity index is 357. The summed E-state index contributed by atoms with van der Waals surface area (Å²) in [6, 6.07) is 6.05. The summed E-state index contributed by atoms with van der Waals surface area (Å²) in [5.41, 5.74) is 3.41. The van der Waals surface area contributed by atoms with Crippen LogP contribution in [0.25, 0.3) is 5.57 Å². The van der Waals surface area contributed by atoms with Crippen molar-refractivity contribution in [3.63, 3.8) is 0 Å². The second-order valence-corrected chi connectivity index (χ2v) is 3.92. The number of thiol groups is 1. The summed E-state index contributed by atoms with van der Waals surface area (Å²) in [7, 11) is 0. The first-order chi connectivity index (χ1) is 6.20. The first-order valence-corrected chi connectivity index (χ1v) is 4.81. The summed E-state index contributed by atoms with van der Waals surface area (Å²) in [4.78, 5) is 0. The van der Waals surface area contributed by atoms with E-state index in [9.17, 15) is 0 Å². The number of benzene rings is 1. The van der Waals surface area contributed by atoms with Gasteiger partial charge in [-0.1, -0.05) is 18.7 Å². The van der Waals surface area contributed by atoms with Gasteiger partial charge in [-0.15, -0.1) is 0 Å². The molecule has 0 bridgehead atoms. The minimum atomic E-state index is 0.133. The van der Waals surface area contributed by atoms with Crippen LogP contribution in [-0.2, 0) is 0 Å². The molecule has 0 spiro atoms. The third-order valence-corrected chi connectivity index (χ3v) is 2.82. The minimum Gasteiger partial charge on any atom is -0.491 e. The van der Waals surface area contributed by atoms with Crippen molar-refractivity contribution < 1.29 is 4.74 Å². The van der Waals surface area contributed by atoms with Crippen molar-refractivity contribution >= 4 is 18.2 Å². The maximum Gasteiger partial charge on any atom is 0.127 e. The molecule has 1 aromatic rings. The van der Waals surface area contributed by atoms with Crippen LogP contribution in [-0.4, -0.2) is 11.9 Å². The van der Waals surface area contributed by atoms with Crippen molar-refractivity contribution in [3.05, 3.63) is 35.9 Å². The van der Waals surface area contributed by atoms with Crippen molar-refractivity contribution in [1.82, 2.24) is 0 Å². The lowest BCUT2D eigenvalue weighted by atomic mass is 9.96. The molecule has 0 aliphatic carbocycles. The first-order valence-electron chi connectivity index (χ1n) is 4.30. The largest absolute Gasteiger partial charge is 0.491 e. The zero-order chi connectivity index (χ0) is 9.42. The molecule has 0 saturated heterocycles. The van der Waals surface area contributed by atoms with Crippen LogP contribution in [0.15, 0.2) is 24.8 Å². The van der Waals surface area contributed by atoms with Crippen LogP contribution < -0.4 is 4.74 Å². The van der Waals surface area contributed by atoms with Gasteiger partial charge in [0.2, 0.25) is 0 Å². The molecule has 13 heavy (non-hydrogen) atoms. The minimum absolute atomic E-state index is 0.133. The second-order valence-electron chi connectivity index (χ2n) is 3.30. The summed E-state index contributed by atoms with van der Waals surface area (Å²) in [5.74, 6) is 0.940. The lowest BCUT2D eigenvalue weighted by Gasteiger charge is -2.25. The van der Waals surface area contributed by atoms with E-state index in [1.807, 2.05) is 12.1 Å². The Balaban J connectivity index is 2.57. The van der Waals surface area contributed by atoms with Gasteiger partial charge in [0.05, 0.1) is 5.25 Å². The fourth-order valence-corrected chi connectivity index (χ4v) is 1.81. The summed E-state index contributed by atoms with van der Waals surface area (Å²) < 4.78 is 5.55. The Morgan fingerprint density at radius 2 is 2.31 bits per heavy atom. The van der Waals surface area contributed by atoms with E-state index < -0.39 is 0 Å². The van der Waals surface area contributed by atoms with Gasteiger partial charge in [-0.25, -0.2) is 0 Å². The second kappa shape index (κ2) is 3.11. The molecule has 0 N–H and O–H groups in total. The summed E-state index contributed by atoms with van der Waals surface area (Å²) in [5, 5.41) is 0.133. The Morgan fingerprint density at radius 3 is 3.08 bits per heavy atom. The van der Waals surface area contributed by atoms with Gasteiger partial charge < -0.3 is 4.74 Å². The summed E-state index contributed by atoms with van der Waals surface area (Å²) in [6.07, 6.45) is 0. The van der Waals surface area contributed by atoms with Gasteiger partial charge in [-0.05, 0) is 24.1 Å². The van der Waals surface area contributed by atoms with E-state index in [0.717, 1.165) is 16.9 Å². The predicted molar refractivity (Wildman–Crippen MR) is 58.5 cm³/mol. The van der Waals surface area contributed by atoms with Crippen molar-refractivity contribution in [2.75, 3.05) is 6.61 Å². The predicted octanol–water partition coefficient (Wildman–Crippen LogP) is 2.70. The highest BCUT2D eigenvalue weighted by Gasteiger charge is 2.21. The van der Waals surface area contributed by atoms with Crippen molar-refractivity contribution in [2.45, 2.75) is 12.2 Å². The quantitative estimate of drug-likeness (QED) is 0.622. The van der Waals surface area contributed by atoms with E-state index in [0.29, 0.717) is 6.61 Å². The van der Waals surface area contributed by atoms with Gasteiger partial charge in [0, 0.05) is 5.56 Å². The smallest absolute Gasteiger partial charge is 0.127 e. The standard InChI is InChI=1S/C11H12OS/c1-7-4-3-5-9-11(7)8(2)10(13)6-12-9/h3-5,10,13H,2,6H2,1H3. The Morgan fingerprint density at radius 1 is 1.54 bits per heavy atom. The molecular weight excluding hydrogens is 180 g/mol. The molecule has 2 rings (SSSR count). The van der Waals surface area contributed by atoms with Crippen LogP contribution in [0.2, 0.25) is 0 Å². The van der Waals surface area contributed by atoms with Gasteiger partial charge in [-0.2, -0.15) is 12.6 Å². The molecule has 68 valence electrons. The topological polar surface area (TPSA) is 9.23 Å². The molecule has 1 nitrogen and oxygen atoms in total. The Hall–Kier alpha value is -0.890. The van der Waals surface area contributed by atoms with Crippen molar-refractivity contribution in [3.8, 4) is 5.75 Å². The first kappa shape index (κ1) is 8.70. The molecule has 1 aliphatic rings. The average Bonchev–Trinajstić information content (AvgIpc) is 2.12. The van der Waals surface area contributed by atoms with Crippen LogP contribution >= 0.6 is 12.6 Å². The number of aryl methyl sites for hydroxylation is 1. The molecule has 1 heterocycles. The molecule has 0 saturated carbocycles. The van der Waals surface area contributed by atoms with Crippen molar-refractivity contribution in [1.29, 1.82) is 0 Å². The molecule has 0 amide bonds. The normalized spacial score (nSPS) is 20.8. The zero-order valence-corrected chi connectivity index (χ0v) is 8.47. The monoisotopic (exact) mass is 192 g/mol. The van der Waals surface area contributed by atoms with Gasteiger partial charge in [0.1, 0.15) is 12.4 Å². The molecule has 0 aromatic heterocycles. The van der Waals surface area contributed by atoms with E-state index in [-0.39, 0.29) is 5.25 Å². The highest BCUT2D eigenvalue weighted by Crippen LogP contribution is 2.35. The number of hydrogen-bond acceptors (Lipinski definition) is 2. The number of rotatable bonds is 0. The molecule has 1 unspecified atom stereocenters. The molecule has 1 atom stereocenters. The Kier molecular flexibility index (Phi) is 2.08. The fourth-order valence-electron chi connectivity index (χ4n) is 1.61. The van der Waals surface area contributed by atoms with E-state index in [1.165, 1.54) is 5.56 Å². The third-order valence-electron chi connectivity index (χ3n) is 2.35. The lowest BCUT2D eigenvalue weighted by molar-refractivity contribution is 0.321. The number of ether oxygens (including phenoxy) is 1. The number of fused-ring (bicyclic) bond motifs is 1. The van der Waals surface area contributed by atoms with Gasteiger partial charge >= 0.3 is 0 Å².